The maximum absolute atomic E-state index is 11.9. The average molecular weight is 338 g/mol. The van der Waals surface area contributed by atoms with Crippen LogP contribution in [-0.4, -0.2) is 31.2 Å². The van der Waals surface area contributed by atoms with Crippen molar-refractivity contribution in [3.63, 3.8) is 0 Å². The van der Waals surface area contributed by atoms with Crippen molar-refractivity contribution in [2.24, 2.45) is 5.92 Å². The van der Waals surface area contributed by atoms with E-state index in [9.17, 15) is 4.79 Å². The summed E-state index contributed by atoms with van der Waals surface area (Å²) in [5.74, 6) is 2.06. The molecule has 5 heteroatoms. The smallest absolute Gasteiger partial charge is 0.223 e. The predicted molar refractivity (Wildman–Crippen MR) is 98.3 cm³/mol. The van der Waals surface area contributed by atoms with Crippen LogP contribution in [0.15, 0.2) is 36.4 Å². The van der Waals surface area contributed by atoms with Crippen LogP contribution in [0.3, 0.4) is 0 Å². The summed E-state index contributed by atoms with van der Waals surface area (Å²) in [5, 5.41) is 5.39. The molecule has 3 aromatic rings. The van der Waals surface area contributed by atoms with E-state index in [1.165, 1.54) is 10.8 Å². The normalized spacial score (nSPS) is 14.0. The minimum atomic E-state index is 0.177. The Kier molecular flexibility index (Phi) is 3.99. The van der Waals surface area contributed by atoms with E-state index in [4.69, 9.17) is 9.47 Å². The van der Waals surface area contributed by atoms with Gasteiger partial charge in [-0.3, -0.25) is 4.79 Å². The molecule has 1 aromatic heterocycles. The Morgan fingerprint density at radius 1 is 1.04 bits per heavy atom. The highest BCUT2D eigenvalue weighted by molar-refractivity contribution is 6.08. The predicted octanol–water partition coefficient (Wildman–Crippen LogP) is 3.34. The van der Waals surface area contributed by atoms with E-state index in [0.29, 0.717) is 13.1 Å². The standard InChI is InChI=1S/C20H22N2O3/c1-24-14-5-7-16-17-8-6-15(25-2)12-19(17)22(18(16)11-14)10-9-21-20(23)13-3-4-13/h5-8,11-13H,3-4,9-10H2,1-2H3,(H,21,23). The highest BCUT2D eigenvalue weighted by Crippen LogP contribution is 2.33. The number of hydrogen-bond acceptors (Lipinski definition) is 3. The zero-order valence-corrected chi connectivity index (χ0v) is 14.5. The van der Waals surface area contributed by atoms with Gasteiger partial charge in [-0.25, -0.2) is 0 Å². The molecule has 0 aliphatic heterocycles. The lowest BCUT2D eigenvalue weighted by Gasteiger charge is -2.10. The Bertz CT molecular complexity index is 880. The van der Waals surface area contributed by atoms with Gasteiger partial charge < -0.3 is 19.4 Å². The second-order valence-electron chi connectivity index (χ2n) is 6.48. The molecule has 0 bridgehead atoms. The van der Waals surface area contributed by atoms with Crippen LogP contribution in [0.4, 0.5) is 0 Å². The van der Waals surface area contributed by atoms with Crippen molar-refractivity contribution in [2.75, 3.05) is 20.8 Å². The van der Waals surface area contributed by atoms with Crippen LogP contribution in [0.5, 0.6) is 11.5 Å². The topological polar surface area (TPSA) is 52.5 Å². The monoisotopic (exact) mass is 338 g/mol. The van der Waals surface area contributed by atoms with Gasteiger partial charge in [-0.1, -0.05) is 0 Å². The second-order valence-corrected chi connectivity index (χ2v) is 6.48. The van der Waals surface area contributed by atoms with E-state index in [1.807, 2.05) is 24.3 Å². The van der Waals surface area contributed by atoms with Crippen LogP contribution in [0.25, 0.3) is 21.8 Å². The molecule has 5 nitrogen and oxygen atoms in total. The molecule has 0 saturated heterocycles. The van der Waals surface area contributed by atoms with Crippen molar-refractivity contribution in [2.45, 2.75) is 19.4 Å². The zero-order valence-electron chi connectivity index (χ0n) is 14.5. The molecular weight excluding hydrogens is 316 g/mol. The van der Waals surface area contributed by atoms with Gasteiger partial charge in [-0.15, -0.1) is 0 Å². The first kappa shape index (κ1) is 15.8. The summed E-state index contributed by atoms with van der Waals surface area (Å²) in [7, 11) is 3.35. The summed E-state index contributed by atoms with van der Waals surface area (Å²) >= 11 is 0. The maximum atomic E-state index is 11.9. The third-order valence-electron chi connectivity index (χ3n) is 4.86. The Morgan fingerprint density at radius 2 is 1.60 bits per heavy atom. The molecular formula is C20H22N2O3. The molecule has 0 spiro atoms. The molecule has 1 aliphatic carbocycles. The number of rotatable bonds is 6. The number of nitrogens with zero attached hydrogens (tertiary/aromatic N) is 1. The summed E-state index contributed by atoms with van der Waals surface area (Å²) in [4.78, 5) is 11.9. The van der Waals surface area contributed by atoms with E-state index in [1.54, 1.807) is 14.2 Å². The fraction of sp³-hybridized carbons (Fsp3) is 0.350. The fourth-order valence-corrected chi connectivity index (χ4v) is 3.33. The lowest BCUT2D eigenvalue weighted by Crippen LogP contribution is -2.28. The molecule has 25 heavy (non-hydrogen) atoms. The molecule has 0 atom stereocenters. The number of carbonyl (C=O) groups is 1. The van der Waals surface area contributed by atoms with E-state index < -0.39 is 0 Å². The van der Waals surface area contributed by atoms with E-state index in [2.05, 4.69) is 22.0 Å². The van der Waals surface area contributed by atoms with Crippen LogP contribution in [0.2, 0.25) is 0 Å². The molecule has 1 saturated carbocycles. The summed E-state index contributed by atoms with van der Waals surface area (Å²) in [6, 6.07) is 12.2. The number of hydrogen-bond donors (Lipinski definition) is 1. The van der Waals surface area contributed by atoms with Gasteiger partial charge in [-0.2, -0.15) is 0 Å². The summed E-state index contributed by atoms with van der Waals surface area (Å²) < 4.78 is 13.0. The Hall–Kier alpha value is -2.69. The minimum absolute atomic E-state index is 0.177. The quantitative estimate of drug-likeness (QED) is 0.750. The molecule has 2 aromatic carbocycles. The van der Waals surface area contributed by atoms with Gasteiger partial charge in [0, 0.05) is 41.9 Å². The van der Waals surface area contributed by atoms with Crippen molar-refractivity contribution in [3.05, 3.63) is 36.4 Å². The van der Waals surface area contributed by atoms with Crippen LogP contribution in [0.1, 0.15) is 12.8 Å². The van der Waals surface area contributed by atoms with E-state index in [-0.39, 0.29) is 11.8 Å². The summed E-state index contributed by atoms with van der Waals surface area (Å²) in [6.07, 6.45) is 2.05. The number of amides is 1. The number of carbonyl (C=O) groups excluding carboxylic acids is 1. The van der Waals surface area contributed by atoms with Gasteiger partial charge in [-0.05, 0) is 37.1 Å². The van der Waals surface area contributed by atoms with Crippen molar-refractivity contribution < 1.29 is 14.3 Å². The second kappa shape index (κ2) is 6.31. The zero-order chi connectivity index (χ0) is 17.4. The number of benzene rings is 2. The Morgan fingerprint density at radius 3 is 2.08 bits per heavy atom. The number of nitrogens with one attached hydrogen (secondary N) is 1. The third kappa shape index (κ3) is 2.90. The highest BCUT2D eigenvalue weighted by Gasteiger charge is 2.29. The average Bonchev–Trinajstić information content (AvgIpc) is 3.45. The fourth-order valence-electron chi connectivity index (χ4n) is 3.33. The molecule has 4 rings (SSSR count). The molecule has 1 amide bonds. The van der Waals surface area contributed by atoms with Crippen molar-refractivity contribution in [1.29, 1.82) is 0 Å². The lowest BCUT2D eigenvalue weighted by molar-refractivity contribution is -0.122. The van der Waals surface area contributed by atoms with Crippen LogP contribution >= 0.6 is 0 Å². The molecule has 1 N–H and O–H groups in total. The van der Waals surface area contributed by atoms with Crippen molar-refractivity contribution >= 4 is 27.7 Å². The number of fused-ring (bicyclic) bond motifs is 3. The first-order valence-electron chi connectivity index (χ1n) is 8.63. The first-order valence-corrected chi connectivity index (χ1v) is 8.63. The van der Waals surface area contributed by atoms with Gasteiger partial charge in [0.15, 0.2) is 0 Å². The largest absolute Gasteiger partial charge is 0.497 e. The van der Waals surface area contributed by atoms with E-state index >= 15 is 0 Å². The number of ether oxygens (including phenoxy) is 2. The first-order chi connectivity index (χ1) is 12.2. The summed E-state index contributed by atoms with van der Waals surface area (Å²) in [5.41, 5.74) is 2.20. The Balaban J connectivity index is 1.74. The van der Waals surface area contributed by atoms with Gasteiger partial charge in [0.05, 0.1) is 25.3 Å². The minimum Gasteiger partial charge on any atom is -0.497 e. The molecule has 0 unspecified atom stereocenters. The number of aromatic nitrogens is 1. The molecule has 1 fully saturated rings. The van der Waals surface area contributed by atoms with Gasteiger partial charge >= 0.3 is 0 Å². The van der Waals surface area contributed by atoms with Crippen molar-refractivity contribution in [3.8, 4) is 11.5 Å². The maximum Gasteiger partial charge on any atom is 0.223 e. The van der Waals surface area contributed by atoms with Gasteiger partial charge in [0.25, 0.3) is 0 Å². The highest BCUT2D eigenvalue weighted by atomic mass is 16.5. The van der Waals surface area contributed by atoms with Crippen molar-refractivity contribution in [1.82, 2.24) is 9.88 Å². The number of methoxy groups -OCH3 is 2. The van der Waals surface area contributed by atoms with Gasteiger partial charge in [0.2, 0.25) is 5.91 Å². The summed E-state index contributed by atoms with van der Waals surface area (Å²) in [6.45, 7) is 1.32. The molecule has 1 heterocycles. The molecule has 130 valence electrons. The van der Waals surface area contributed by atoms with Crippen LogP contribution in [0, 0.1) is 5.92 Å². The van der Waals surface area contributed by atoms with Gasteiger partial charge in [0.1, 0.15) is 11.5 Å². The SMILES string of the molecule is COc1ccc2c3ccc(OC)cc3n(CCNC(=O)C3CC3)c2c1. The lowest BCUT2D eigenvalue weighted by atomic mass is 10.1. The third-order valence-corrected chi connectivity index (χ3v) is 4.86. The van der Waals surface area contributed by atoms with Crippen LogP contribution in [-0.2, 0) is 11.3 Å². The van der Waals surface area contributed by atoms with E-state index in [0.717, 1.165) is 35.4 Å². The van der Waals surface area contributed by atoms with Crippen LogP contribution < -0.4 is 14.8 Å². The Labute approximate surface area is 146 Å². The molecule has 1 aliphatic rings. The molecule has 0 radical (unpaired) electrons.